The third-order valence-electron chi connectivity index (χ3n) is 3.65. The van der Waals surface area contributed by atoms with Crippen LogP contribution in [-0.4, -0.2) is 17.5 Å². The van der Waals surface area contributed by atoms with Gasteiger partial charge in [0.25, 0.3) is 0 Å². The minimum absolute atomic E-state index is 0.162. The second-order valence-corrected chi connectivity index (χ2v) is 6.39. The lowest BCUT2D eigenvalue weighted by molar-refractivity contribution is -0.116. The maximum Gasteiger partial charge on any atom is 0.244 e. The van der Waals surface area contributed by atoms with Crippen molar-refractivity contribution in [2.75, 3.05) is 6.61 Å². The highest BCUT2D eigenvalue weighted by Gasteiger charge is 2.05. The molecule has 0 spiro atoms. The third kappa shape index (κ3) is 4.80. The summed E-state index contributed by atoms with van der Waals surface area (Å²) in [4.78, 5) is 16.6. The second kappa shape index (κ2) is 8.97. The summed E-state index contributed by atoms with van der Waals surface area (Å²) >= 11 is 1.57. The number of thiazole rings is 1. The molecule has 1 heterocycles. The molecule has 132 valence electrons. The average molecular weight is 364 g/mol. The molecule has 3 aromatic rings. The first-order chi connectivity index (χ1) is 12.8. The smallest absolute Gasteiger partial charge is 0.244 e. The second-order valence-electron chi connectivity index (χ2n) is 5.53. The number of amides is 1. The Morgan fingerprint density at radius 2 is 1.92 bits per heavy atom. The Morgan fingerprint density at radius 1 is 1.15 bits per heavy atom. The minimum Gasteiger partial charge on any atom is -0.493 e. The van der Waals surface area contributed by atoms with E-state index in [2.05, 4.69) is 10.3 Å². The van der Waals surface area contributed by atoms with E-state index in [1.807, 2.05) is 66.9 Å². The zero-order chi connectivity index (χ0) is 18.2. The van der Waals surface area contributed by atoms with Gasteiger partial charge in [0.15, 0.2) is 0 Å². The van der Waals surface area contributed by atoms with Gasteiger partial charge in [-0.25, -0.2) is 4.98 Å². The summed E-state index contributed by atoms with van der Waals surface area (Å²) in [7, 11) is 0. The number of hydrogen-bond acceptors (Lipinski definition) is 4. The molecule has 5 heteroatoms. The lowest BCUT2D eigenvalue weighted by atomic mass is 10.2. The van der Waals surface area contributed by atoms with Crippen molar-refractivity contribution in [3.05, 3.63) is 77.3 Å². The van der Waals surface area contributed by atoms with Crippen LogP contribution in [0.1, 0.15) is 18.2 Å². The molecule has 0 atom stereocenters. The Balaban J connectivity index is 1.57. The minimum atomic E-state index is -0.162. The molecule has 0 fully saturated rings. The fraction of sp³-hybridized carbons (Fsp3) is 0.143. The SMILES string of the molecule is CCOc1ccccc1/C=C/C(=O)NCc1csc(-c2ccccc2)n1. The molecule has 0 aliphatic carbocycles. The van der Waals surface area contributed by atoms with Gasteiger partial charge < -0.3 is 10.1 Å². The maximum absolute atomic E-state index is 12.1. The number of hydrogen-bond donors (Lipinski definition) is 1. The van der Waals surface area contributed by atoms with Crippen LogP contribution < -0.4 is 10.1 Å². The number of nitrogens with one attached hydrogen (secondary N) is 1. The molecule has 4 nitrogen and oxygen atoms in total. The van der Waals surface area contributed by atoms with Gasteiger partial charge in [0.2, 0.25) is 5.91 Å². The number of rotatable bonds is 7. The summed E-state index contributed by atoms with van der Waals surface area (Å²) in [5, 5.41) is 5.79. The lowest BCUT2D eigenvalue weighted by Gasteiger charge is -2.06. The predicted octanol–water partition coefficient (Wildman–Crippen LogP) is 4.54. The van der Waals surface area contributed by atoms with Gasteiger partial charge in [0.1, 0.15) is 10.8 Å². The topological polar surface area (TPSA) is 51.2 Å². The van der Waals surface area contributed by atoms with Gasteiger partial charge in [-0.3, -0.25) is 4.79 Å². The molecule has 0 radical (unpaired) electrons. The molecule has 26 heavy (non-hydrogen) atoms. The molecule has 0 saturated heterocycles. The van der Waals surface area contributed by atoms with Crippen molar-refractivity contribution >= 4 is 23.3 Å². The van der Waals surface area contributed by atoms with Gasteiger partial charge in [-0.2, -0.15) is 0 Å². The van der Waals surface area contributed by atoms with Crippen LogP contribution in [0.25, 0.3) is 16.6 Å². The number of nitrogens with zero attached hydrogens (tertiary/aromatic N) is 1. The Labute approximate surface area is 157 Å². The van der Waals surface area contributed by atoms with Crippen LogP contribution >= 0.6 is 11.3 Å². The van der Waals surface area contributed by atoms with E-state index in [1.54, 1.807) is 17.4 Å². The molecular formula is C21H20N2O2S. The van der Waals surface area contributed by atoms with E-state index in [0.29, 0.717) is 13.2 Å². The summed E-state index contributed by atoms with van der Waals surface area (Å²) in [5.74, 6) is 0.608. The monoisotopic (exact) mass is 364 g/mol. The van der Waals surface area contributed by atoms with Crippen LogP contribution in [0.2, 0.25) is 0 Å². The molecule has 0 unspecified atom stereocenters. The number of benzene rings is 2. The largest absolute Gasteiger partial charge is 0.493 e. The zero-order valence-corrected chi connectivity index (χ0v) is 15.3. The van der Waals surface area contributed by atoms with E-state index in [0.717, 1.165) is 27.6 Å². The Morgan fingerprint density at radius 3 is 2.73 bits per heavy atom. The summed E-state index contributed by atoms with van der Waals surface area (Å²) < 4.78 is 5.55. The molecule has 0 bridgehead atoms. The third-order valence-corrected chi connectivity index (χ3v) is 4.59. The van der Waals surface area contributed by atoms with Crippen LogP contribution in [0, 0.1) is 0 Å². The molecule has 1 amide bonds. The Bertz CT molecular complexity index is 888. The first-order valence-corrected chi connectivity index (χ1v) is 9.32. The van der Waals surface area contributed by atoms with Crippen molar-refractivity contribution in [2.45, 2.75) is 13.5 Å². The van der Waals surface area contributed by atoms with Gasteiger partial charge in [0, 0.05) is 22.6 Å². The molecule has 0 aliphatic heterocycles. The Kier molecular flexibility index (Phi) is 6.17. The first-order valence-electron chi connectivity index (χ1n) is 8.44. The van der Waals surface area contributed by atoms with Crippen molar-refractivity contribution in [1.82, 2.24) is 10.3 Å². The number of ether oxygens (including phenoxy) is 1. The van der Waals surface area contributed by atoms with E-state index < -0.39 is 0 Å². The maximum atomic E-state index is 12.1. The number of aromatic nitrogens is 1. The summed E-state index contributed by atoms with van der Waals surface area (Å²) in [5.41, 5.74) is 2.82. The molecule has 1 aromatic heterocycles. The van der Waals surface area contributed by atoms with Gasteiger partial charge in [-0.05, 0) is 19.1 Å². The molecule has 2 aromatic carbocycles. The van der Waals surface area contributed by atoms with E-state index in [9.17, 15) is 4.79 Å². The molecule has 1 N–H and O–H groups in total. The molecule has 0 saturated carbocycles. The average Bonchev–Trinajstić information content (AvgIpc) is 3.16. The fourth-order valence-corrected chi connectivity index (χ4v) is 3.23. The van der Waals surface area contributed by atoms with Crippen molar-refractivity contribution in [3.63, 3.8) is 0 Å². The highest BCUT2D eigenvalue weighted by Crippen LogP contribution is 2.23. The highest BCUT2D eigenvalue weighted by molar-refractivity contribution is 7.13. The van der Waals surface area contributed by atoms with Crippen LogP contribution in [0.4, 0.5) is 0 Å². The number of carbonyl (C=O) groups excluding carboxylic acids is 1. The van der Waals surface area contributed by atoms with E-state index >= 15 is 0 Å². The highest BCUT2D eigenvalue weighted by atomic mass is 32.1. The standard InChI is InChI=1S/C21H20N2O2S/c1-2-25-19-11-7-6-8-16(19)12-13-20(24)22-14-18-15-26-21(23-18)17-9-4-3-5-10-17/h3-13,15H,2,14H2,1H3,(H,22,24)/b13-12+. The summed E-state index contributed by atoms with van der Waals surface area (Å²) in [6, 6.07) is 17.7. The molecule has 3 rings (SSSR count). The number of carbonyl (C=O) groups is 1. The van der Waals surface area contributed by atoms with Crippen molar-refractivity contribution < 1.29 is 9.53 Å². The predicted molar refractivity (Wildman–Crippen MR) is 106 cm³/mol. The first kappa shape index (κ1) is 17.9. The van der Waals surface area contributed by atoms with E-state index in [-0.39, 0.29) is 5.91 Å². The van der Waals surface area contributed by atoms with Gasteiger partial charge in [-0.1, -0.05) is 48.5 Å². The zero-order valence-electron chi connectivity index (χ0n) is 14.5. The summed E-state index contributed by atoms with van der Waals surface area (Å²) in [6.07, 6.45) is 3.28. The van der Waals surface area contributed by atoms with E-state index in [1.165, 1.54) is 6.08 Å². The van der Waals surface area contributed by atoms with Crippen LogP contribution in [0.3, 0.4) is 0 Å². The quantitative estimate of drug-likeness (QED) is 0.626. The Hall–Kier alpha value is -2.92. The summed E-state index contributed by atoms with van der Waals surface area (Å²) in [6.45, 7) is 2.93. The normalized spacial score (nSPS) is 10.8. The van der Waals surface area contributed by atoms with Crippen LogP contribution in [0.5, 0.6) is 5.75 Å². The molecular weight excluding hydrogens is 344 g/mol. The van der Waals surface area contributed by atoms with Crippen molar-refractivity contribution in [1.29, 1.82) is 0 Å². The van der Waals surface area contributed by atoms with Crippen molar-refractivity contribution in [2.24, 2.45) is 0 Å². The van der Waals surface area contributed by atoms with Gasteiger partial charge in [-0.15, -0.1) is 11.3 Å². The van der Waals surface area contributed by atoms with Gasteiger partial charge in [0.05, 0.1) is 18.8 Å². The lowest BCUT2D eigenvalue weighted by Crippen LogP contribution is -2.20. The number of para-hydroxylation sites is 1. The van der Waals surface area contributed by atoms with E-state index in [4.69, 9.17) is 4.74 Å². The molecule has 0 aliphatic rings. The van der Waals surface area contributed by atoms with Crippen molar-refractivity contribution in [3.8, 4) is 16.3 Å². The van der Waals surface area contributed by atoms with Gasteiger partial charge >= 0.3 is 0 Å². The van der Waals surface area contributed by atoms with Crippen LogP contribution in [-0.2, 0) is 11.3 Å². The fourth-order valence-electron chi connectivity index (χ4n) is 2.41. The van der Waals surface area contributed by atoms with Crippen LogP contribution in [0.15, 0.2) is 66.1 Å².